The second kappa shape index (κ2) is 7.65. The number of nitrogens with zero attached hydrogens (tertiary/aromatic N) is 2. The van der Waals surface area contributed by atoms with Gasteiger partial charge in [-0.1, -0.05) is 0 Å². The number of anilines is 1. The van der Waals surface area contributed by atoms with Crippen LogP contribution in [-0.2, 0) is 16.1 Å². The first-order valence-corrected chi connectivity index (χ1v) is 7.16. The second-order valence-corrected chi connectivity index (χ2v) is 5.15. The van der Waals surface area contributed by atoms with Crippen LogP contribution in [-0.4, -0.2) is 51.7 Å². The van der Waals surface area contributed by atoms with Gasteiger partial charge in [0.05, 0.1) is 19.3 Å². The van der Waals surface area contributed by atoms with Crippen molar-refractivity contribution in [1.82, 2.24) is 9.55 Å². The Morgan fingerprint density at radius 3 is 2.95 bits per heavy atom. The van der Waals surface area contributed by atoms with Gasteiger partial charge >= 0.3 is 5.69 Å². The molecule has 9 nitrogen and oxygen atoms in total. The van der Waals surface area contributed by atoms with Crippen LogP contribution in [0.25, 0.3) is 0 Å². The average Bonchev–Trinajstić information content (AvgIpc) is 2.86. The van der Waals surface area contributed by atoms with Gasteiger partial charge in [0.1, 0.15) is 18.1 Å². The Labute approximate surface area is 127 Å². The summed E-state index contributed by atoms with van der Waals surface area (Å²) >= 11 is 0. The van der Waals surface area contributed by atoms with Crippen LogP contribution in [0.1, 0.15) is 24.6 Å². The van der Waals surface area contributed by atoms with Crippen molar-refractivity contribution >= 4 is 5.82 Å². The van der Waals surface area contributed by atoms with Crippen molar-refractivity contribution in [3.8, 4) is 0 Å². The first-order chi connectivity index (χ1) is 10.6. The minimum Gasteiger partial charge on any atom is -0.394 e. The quantitative estimate of drug-likeness (QED) is 0.437. The van der Waals surface area contributed by atoms with Crippen LogP contribution < -0.4 is 17.2 Å². The van der Waals surface area contributed by atoms with Crippen LogP contribution in [0.4, 0.5) is 5.82 Å². The van der Waals surface area contributed by atoms with E-state index in [9.17, 15) is 9.90 Å². The molecule has 1 aromatic rings. The summed E-state index contributed by atoms with van der Waals surface area (Å²) in [6.45, 7) is 0.908. The highest BCUT2D eigenvalue weighted by Gasteiger charge is 2.35. The molecule has 6 N–H and O–H groups in total. The highest BCUT2D eigenvalue weighted by Crippen LogP contribution is 2.27. The lowest BCUT2D eigenvalue weighted by atomic mass is 10.2. The third-order valence-corrected chi connectivity index (χ3v) is 3.51. The van der Waals surface area contributed by atoms with E-state index in [-0.39, 0.29) is 25.5 Å². The molecule has 0 saturated carbocycles. The highest BCUT2D eigenvalue weighted by atomic mass is 16.5. The molecule has 0 aromatic carbocycles. The van der Waals surface area contributed by atoms with E-state index in [1.807, 2.05) is 0 Å². The van der Waals surface area contributed by atoms with Gasteiger partial charge in [0, 0.05) is 24.8 Å². The molecule has 1 aromatic heterocycles. The minimum atomic E-state index is -0.830. The Balaban J connectivity index is 2.13. The Morgan fingerprint density at radius 1 is 1.55 bits per heavy atom. The molecule has 1 aliphatic rings. The van der Waals surface area contributed by atoms with Crippen LogP contribution in [0.2, 0.25) is 0 Å². The zero-order chi connectivity index (χ0) is 16.1. The predicted octanol–water partition coefficient (Wildman–Crippen LogP) is -1.67. The van der Waals surface area contributed by atoms with Crippen molar-refractivity contribution in [1.29, 1.82) is 0 Å². The van der Waals surface area contributed by atoms with E-state index in [0.29, 0.717) is 18.7 Å². The lowest BCUT2D eigenvalue weighted by Crippen LogP contribution is -2.29. The van der Waals surface area contributed by atoms with Gasteiger partial charge in [-0.05, 0) is 13.0 Å². The fourth-order valence-electron chi connectivity index (χ4n) is 2.26. The normalized spacial score (nSPS) is 24.8. The summed E-state index contributed by atoms with van der Waals surface area (Å²) in [5.74, 6) is 0.103. The lowest BCUT2D eigenvalue weighted by Gasteiger charge is -2.16. The SMILES string of the molecule is NCCCOCc1cn([C@H]2C[C@H](O)[C@@H](CO)O2)c(=O)nc1N. The molecule has 0 radical (unpaired) electrons. The third-order valence-electron chi connectivity index (χ3n) is 3.51. The summed E-state index contributed by atoms with van der Waals surface area (Å²) in [7, 11) is 0. The molecule has 1 fully saturated rings. The number of aromatic nitrogens is 2. The highest BCUT2D eigenvalue weighted by molar-refractivity contribution is 5.36. The summed E-state index contributed by atoms with van der Waals surface area (Å²) < 4.78 is 12.1. The number of hydrogen-bond acceptors (Lipinski definition) is 8. The second-order valence-electron chi connectivity index (χ2n) is 5.15. The van der Waals surface area contributed by atoms with Gasteiger partial charge in [-0.15, -0.1) is 0 Å². The number of aliphatic hydroxyl groups is 2. The summed E-state index contributed by atoms with van der Waals surface area (Å²) in [4.78, 5) is 15.7. The number of aliphatic hydroxyl groups excluding tert-OH is 2. The summed E-state index contributed by atoms with van der Waals surface area (Å²) in [5.41, 5.74) is 11.1. The molecule has 124 valence electrons. The van der Waals surface area contributed by atoms with E-state index in [2.05, 4.69) is 4.98 Å². The summed E-state index contributed by atoms with van der Waals surface area (Å²) in [6, 6.07) is 0. The van der Waals surface area contributed by atoms with Crippen molar-refractivity contribution in [3.63, 3.8) is 0 Å². The van der Waals surface area contributed by atoms with Crippen molar-refractivity contribution in [2.75, 3.05) is 25.5 Å². The van der Waals surface area contributed by atoms with E-state index in [1.54, 1.807) is 0 Å². The number of nitrogen functional groups attached to an aromatic ring is 1. The minimum absolute atomic E-state index is 0.103. The molecule has 22 heavy (non-hydrogen) atoms. The maximum Gasteiger partial charge on any atom is 0.351 e. The third kappa shape index (κ3) is 3.81. The predicted molar refractivity (Wildman–Crippen MR) is 77.9 cm³/mol. The molecule has 9 heteroatoms. The largest absolute Gasteiger partial charge is 0.394 e. The Morgan fingerprint density at radius 2 is 2.32 bits per heavy atom. The molecule has 2 heterocycles. The van der Waals surface area contributed by atoms with E-state index in [4.69, 9.17) is 26.0 Å². The molecule has 1 aliphatic heterocycles. The Hall–Kier alpha value is -1.52. The van der Waals surface area contributed by atoms with Crippen LogP contribution in [0.15, 0.2) is 11.0 Å². The molecule has 2 rings (SSSR count). The number of rotatable bonds is 7. The maximum absolute atomic E-state index is 11.9. The molecule has 0 unspecified atom stereocenters. The van der Waals surface area contributed by atoms with Gasteiger partial charge in [-0.2, -0.15) is 4.98 Å². The van der Waals surface area contributed by atoms with E-state index in [1.165, 1.54) is 10.8 Å². The first kappa shape index (κ1) is 16.8. The van der Waals surface area contributed by atoms with Gasteiger partial charge in [-0.3, -0.25) is 4.57 Å². The van der Waals surface area contributed by atoms with Crippen LogP contribution in [0.3, 0.4) is 0 Å². The molecule has 0 spiro atoms. The van der Waals surface area contributed by atoms with Crippen molar-refractivity contribution < 1.29 is 19.7 Å². The van der Waals surface area contributed by atoms with Crippen molar-refractivity contribution in [2.45, 2.75) is 37.9 Å². The van der Waals surface area contributed by atoms with E-state index in [0.717, 1.165) is 6.42 Å². The Bertz CT molecular complexity index is 550. The van der Waals surface area contributed by atoms with Crippen molar-refractivity contribution in [3.05, 3.63) is 22.2 Å². The van der Waals surface area contributed by atoms with Gasteiger partial charge in [-0.25, -0.2) is 4.79 Å². The zero-order valence-corrected chi connectivity index (χ0v) is 12.2. The standard InChI is InChI=1S/C13H22N4O5/c14-2-1-3-21-7-8-5-17(13(20)16-12(8)15)11-4-9(19)10(6-18)22-11/h5,9-11,18-19H,1-4,6-7,14H2,(H2,15,16,20)/t9-,10+,11+/m0/s1. The van der Waals surface area contributed by atoms with E-state index < -0.39 is 24.1 Å². The zero-order valence-electron chi connectivity index (χ0n) is 12.2. The smallest absolute Gasteiger partial charge is 0.351 e. The van der Waals surface area contributed by atoms with Crippen molar-refractivity contribution in [2.24, 2.45) is 5.73 Å². The lowest BCUT2D eigenvalue weighted by molar-refractivity contribution is -0.0460. The molecule has 3 atom stereocenters. The van der Waals surface area contributed by atoms with Gasteiger partial charge in [0.15, 0.2) is 0 Å². The number of ether oxygens (including phenoxy) is 2. The molecule has 0 bridgehead atoms. The van der Waals surface area contributed by atoms with Crippen LogP contribution in [0, 0.1) is 0 Å². The summed E-state index contributed by atoms with van der Waals surface area (Å²) in [5, 5.41) is 18.9. The van der Waals surface area contributed by atoms with Crippen LogP contribution in [0.5, 0.6) is 0 Å². The molecular formula is C13H22N4O5. The molecular weight excluding hydrogens is 292 g/mol. The van der Waals surface area contributed by atoms with Crippen LogP contribution >= 0.6 is 0 Å². The molecule has 0 aliphatic carbocycles. The van der Waals surface area contributed by atoms with Gasteiger partial charge in [0.2, 0.25) is 0 Å². The molecule has 0 amide bonds. The summed E-state index contributed by atoms with van der Waals surface area (Å²) in [6.07, 6.45) is 0.218. The number of nitrogens with two attached hydrogens (primary N) is 2. The fourth-order valence-corrected chi connectivity index (χ4v) is 2.26. The maximum atomic E-state index is 11.9. The fraction of sp³-hybridized carbons (Fsp3) is 0.692. The average molecular weight is 314 g/mol. The van der Waals surface area contributed by atoms with Gasteiger partial charge in [0.25, 0.3) is 0 Å². The molecule has 1 saturated heterocycles. The topological polar surface area (TPSA) is 146 Å². The Kier molecular flexibility index (Phi) is 5.86. The van der Waals surface area contributed by atoms with E-state index >= 15 is 0 Å². The monoisotopic (exact) mass is 314 g/mol. The van der Waals surface area contributed by atoms with Gasteiger partial charge < -0.3 is 31.2 Å². The number of hydrogen-bond donors (Lipinski definition) is 4. The first-order valence-electron chi connectivity index (χ1n) is 7.16.